The number of hydrogen-bond donors (Lipinski definition) is 1. The van der Waals surface area contributed by atoms with Gasteiger partial charge in [-0.15, -0.1) is 0 Å². The van der Waals surface area contributed by atoms with Gasteiger partial charge in [0.1, 0.15) is 0 Å². The second-order valence-electron chi connectivity index (χ2n) is 5.14. The standard InChI is InChI=1S/C15H24N2/c1-2-16-12-14-8-4-3-7-13(14)11-15-9-5-6-10-17-15/h5-6,9-10,13-14,16H,2-4,7-8,11-12H2,1H3. The molecule has 2 rings (SSSR count). The van der Waals surface area contributed by atoms with E-state index in [4.69, 9.17) is 0 Å². The molecule has 0 bridgehead atoms. The molecule has 2 unspecified atom stereocenters. The van der Waals surface area contributed by atoms with E-state index in [1.54, 1.807) is 0 Å². The second kappa shape index (κ2) is 6.75. The van der Waals surface area contributed by atoms with Crippen molar-refractivity contribution in [1.82, 2.24) is 10.3 Å². The zero-order chi connectivity index (χ0) is 11.9. The van der Waals surface area contributed by atoms with Crippen molar-refractivity contribution in [3.63, 3.8) is 0 Å². The number of nitrogens with zero attached hydrogens (tertiary/aromatic N) is 1. The van der Waals surface area contributed by atoms with Gasteiger partial charge in [0.25, 0.3) is 0 Å². The zero-order valence-electron chi connectivity index (χ0n) is 10.9. The van der Waals surface area contributed by atoms with Gasteiger partial charge in [0.15, 0.2) is 0 Å². The van der Waals surface area contributed by atoms with Gasteiger partial charge in [-0.2, -0.15) is 0 Å². The molecule has 2 heteroatoms. The van der Waals surface area contributed by atoms with Gasteiger partial charge >= 0.3 is 0 Å². The van der Waals surface area contributed by atoms with Crippen LogP contribution in [0.25, 0.3) is 0 Å². The van der Waals surface area contributed by atoms with Crippen LogP contribution in [-0.4, -0.2) is 18.1 Å². The summed E-state index contributed by atoms with van der Waals surface area (Å²) < 4.78 is 0. The molecule has 1 N–H and O–H groups in total. The predicted molar refractivity (Wildman–Crippen MR) is 71.9 cm³/mol. The molecule has 0 radical (unpaired) electrons. The van der Waals surface area contributed by atoms with E-state index < -0.39 is 0 Å². The smallest absolute Gasteiger partial charge is 0.0406 e. The van der Waals surface area contributed by atoms with E-state index in [2.05, 4.69) is 29.4 Å². The van der Waals surface area contributed by atoms with Gasteiger partial charge in [0.05, 0.1) is 0 Å². The minimum atomic E-state index is 0.831. The normalized spacial score (nSPS) is 24.8. The molecule has 0 spiro atoms. The maximum Gasteiger partial charge on any atom is 0.0406 e. The average molecular weight is 232 g/mol. The molecular formula is C15H24N2. The minimum Gasteiger partial charge on any atom is -0.317 e. The van der Waals surface area contributed by atoms with Crippen LogP contribution in [0.2, 0.25) is 0 Å². The summed E-state index contributed by atoms with van der Waals surface area (Å²) in [7, 11) is 0. The van der Waals surface area contributed by atoms with Crippen LogP contribution in [-0.2, 0) is 6.42 Å². The predicted octanol–water partition coefficient (Wildman–Crippen LogP) is 3.04. The lowest BCUT2D eigenvalue weighted by Gasteiger charge is -2.31. The SMILES string of the molecule is CCNCC1CCCCC1Cc1ccccn1. The molecule has 2 nitrogen and oxygen atoms in total. The Morgan fingerprint density at radius 2 is 2.06 bits per heavy atom. The fraction of sp³-hybridized carbons (Fsp3) is 0.667. The summed E-state index contributed by atoms with van der Waals surface area (Å²) in [6.45, 7) is 4.47. The van der Waals surface area contributed by atoms with E-state index >= 15 is 0 Å². The molecular weight excluding hydrogens is 208 g/mol. The molecule has 1 fully saturated rings. The van der Waals surface area contributed by atoms with Crippen LogP contribution in [0.4, 0.5) is 0 Å². The van der Waals surface area contributed by atoms with Gasteiger partial charge in [-0.25, -0.2) is 0 Å². The Labute approximate surface area is 105 Å². The first-order chi connectivity index (χ1) is 8.40. The van der Waals surface area contributed by atoms with Crippen molar-refractivity contribution < 1.29 is 0 Å². The van der Waals surface area contributed by atoms with E-state index in [-0.39, 0.29) is 0 Å². The molecule has 17 heavy (non-hydrogen) atoms. The summed E-state index contributed by atoms with van der Waals surface area (Å²) in [5, 5.41) is 3.51. The Morgan fingerprint density at radius 3 is 2.76 bits per heavy atom. The van der Waals surface area contributed by atoms with Gasteiger partial charge in [-0.3, -0.25) is 4.98 Å². The van der Waals surface area contributed by atoms with E-state index in [9.17, 15) is 0 Å². The lowest BCUT2D eigenvalue weighted by atomic mass is 9.77. The van der Waals surface area contributed by atoms with Crippen molar-refractivity contribution in [3.05, 3.63) is 30.1 Å². The van der Waals surface area contributed by atoms with Crippen molar-refractivity contribution in [1.29, 1.82) is 0 Å². The van der Waals surface area contributed by atoms with Crippen molar-refractivity contribution >= 4 is 0 Å². The van der Waals surface area contributed by atoms with Crippen LogP contribution in [0, 0.1) is 11.8 Å². The molecule has 1 aliphatic carbocycles. The second-order valence-corrected chi connectivity index (χ2v) is 5.14. The zero-order valence-corrected chi connectivity index (χ0v) is 10.9. The summed E-state index contributed by atoms with van der Waals surface area (Å²) in [5.74, 6) is 1.68. The first-order valence-corrected chi connectivity index (χ1v) is 7.00. The average Bonchev–Trinajstić information content (AvgIpc) is 2.39. The molecule has 0 aromatic carbocycles. The van der Waals surface area contributed by atoms with Gasteiger partial charge in [0.2, 0.25) is 0 Å². The van der Waals surface area contributed by atoms with Crippen LogP contribution in [0.15, 0.2) is 24.4 Å². The van der Waals surface area contributed by atoms with Crippen LogP contribution in [0.1, 0.15) is 38.3 Å². The van der Waals surface area contributed by atoms with E-state index in [0.717, 1.165) is 24.8 Å². The molecule has 2 atom stereocenters. The quantitative estimate of drug-likeness (QED) is 0.844. The van der Waals surface area contributed by atoms with Gasteiger partial charge in [-0.05, 0) is 56.3 Å². The maximum atomic E-state index is 4.47. The third-order valence-electron chi connectivity index (χ3n) is 3.92. The molecule has 94 valence electrons. The summed E-state index contributed by atoms with van der Waals surface area (Å²) in [5.41, 5.74) is 1.26. The molecule has 0 saturated heterocycles. The molecule has 1 saturated carbocycles. The van der Waals surface area contributed by atoms with Gasteiger partial charge in [0, 0.05) is 11.9 Å². The Balaban J connectivity index is 1.92. The largest absolute Gasteiger partial charge is 0.317 e. The highest BCUT2D eigenvalue weighted by Crippen LogP contribution is 2.31. The first kappa shape index (κ1) is 12.6. The topological polar surface area (TPSA) is 24.9 Å². The molecule has 0 aliphatic heterocycles. The summed E-state index contributed by atoms with van der Waals surface area (Å²) in [6.07, 6.45) is 8.67. The molecule has 0 amide bonds. The third kappa shape index (κ3) is 3.81. The molecule has 1 aromatic rings. The lowest BCUT2D eigenvalue weighted by molar-refractivity contribution is 0.228. The Bertz CT molecular complexity index is 310. The number of pyridine rings is 1. The van der Waals surface area contributed by atoms with Crippen LogP contribution >= 0.6 is 0 Å². The number of hydrogen-bond acceptors (Lipinski definition) is 2. The van der Waals surface area contributed by atoms with E-state index in [0.29, 0.717) is 0 Å². The summed E-state index contributed by atoms with van der Waals surface area (Å²) >= 11 is 0. The highest BCUT2D eigenvalue weighted by Gasteiger charge is 2.24. The van der Waals surface area contributed by atoms with Crippen LogP contribution in [0.3, 0.4) is 0 Å². The van der Waals surface area contributed by atoms with E-state index in [1.165, 1.54) is 37.9 Å². The lowest BCUT2D eigenvalue weighted by Crippen LogP contribution is -2.31. The third-order valence-corrected chi connectivity index (χ3v) is 3.92. The summed E-state index contributed by atoms with van der Waals surface area (Å²) in [6, 6.07) is 6.27. The summed E-state index contributed by atoms with van der Waals surface area (Å²) in [4.78, 5) is 4.47. The monoisotopic (exact) mass is 232 g/mol. The van der Waals surface area contributed by atoms with Crippen molar-refractivity contribution in [2.75, 3.05) is 13.1 Å². The minimum absolute atomic E-state index is 0.831. The van der Waals surface area contributed by atoms with E-state index in [1.807, 2.05) is 12.3 Å². The molecule has 1 aliphatic rings. The molecule has 1 aromatic heterocycles. The number of aromatic nitrogens is 1. The van der Waals surface area contributed by atoms with Crippen molar-refractivity contribution in [3.8, 4) is 0 Å². The number of rotatable bonds is 5. The highest BCUT2D eigenvalue weighted by atomic mass is 14.8. The Morgan fingerprint density at radius 1 is 1.24 bits per heavy atom. The highest BCUT2D eigenvalue weighted by molar-refractivity contribution is 5.05. The fourth-order valence-corrected chi connectivity index (χ4v) is 2.94. The Kier molecular flexibility index (Phi) is 4.99. The number of nitrogens with one attached hydrogen (secondary N) is 1. The first-order valence-electron chi connectivity index (χ1n) is 7.00. The van der Waals surface area contributed by atoms with Crippen molar-refractivity contribution in [2.45, 2.75) is 39.0 Å². The van der Waals surface area contributed by atoms with Crippen molar-refractivity contribution in [2.24, 2.45) is 11.8 Å². The Hall–Kier alpha value is -0.890. The van der Waals surface area contributed by atoms with Gasteiger partial charge in [-0.1, -0.05) is 25.8 Å². The fourth-order valence-electron chi connectivity index (χ4n) is 2.94. The van der Waals surface area contributed by atoms with Crippen LogP contribution in [0.5, 0.6) is 0 Å². The maximum absolute atomic E-state index is 4.47. The van der Waals surface area contributed by atoms with Crippen LogP contribution < -0.4 is 5.32 Å². The van der Waals surface area contributed by atoms with Gasteiger partial charge < -0.3 is 5.32 Å². The molecule has 1 heterocycles.